The summed E-state index contributed by atoms with van der Waals surface area (Å²) in [6, 6.07) is 10.2. The quantitative estimate of drug-likeness (QED) is 0.657. The molecular weight excluding hydrogens is 333 g/mol. The second kappa shape index (κ2) is 8.53. The molecular formula is C19H22FN5O. The number of aromatic nitrogens is 1. The maximum atomic E-state index is 13.0. The maximum absolute atomic E-state index is 13.0. The van der Waals surface area contributed by atoms with Gasteiger partial charge < -0.3 is 4.90 Å². The molecule has 1 fully saturated rings. The summed E-state index contributed by atoms with van der Waals surface area (Å²) >= 11 is 0. The van der Waals surface area contributed by atoms with E-state index < -0.39 is 0 Å². The van der Waals surface area contributed by atoms with Crippen LogP contribution >= 0.6 is 0 Å². The second-order valence-corrected chi connectivity index (χ2v) is 6.21. The van der Waals surface area contributed by atoms with E-state index in [1.165, 1.54) is 12.1 Å². The molecule has 136 valence electrons. The van der Waals surface area contributed by atoms with Crippen LogP contribution in [0.15, 0.2) is 53.9 Å². The molecule has 3 rings (SSSR count). The predicted octanol–water partition coefficient (Wildman–Crippen LogP) is 1.88. The van der Waals surface area contributed by atoms with Gasteiger partial charge in [-0.3, -0.25) is 14.7 Å². The zero-order valence-electron chi connectivity index (χ0n) is 14.7. The fourth-order valence-electron chi connectivity index (χ4n) is 2.84. The molecule has 1 aromatic heterocycles. The van der Waals surface area contributed by atoms with Crippen molar-refractivity contribution >= 4 is 17.3 Å². The third-order valence-electron chi connectivity index (χ3n) is 4.36. The number of hydrazone groups is 1. The number of amides is 1. The zero-order chi connectivity index (χ0) is 18.4. The van der Waals surface area contributed by atoms with Gasteiger partial charge in [0.2, 0.25) is 0 Å². The predicted molar refractivity (Wildman–Crippen MR) is 99.6 cm³/mol. The van der Waals surface area contributed by atoms with Crippen LogP contribution in [0.5, 0.6) is 0 Å². The summed E-state index contributed by atoms with van der Waals surface area (Å²) in [5, 5.41) is 4.14. The molecule has 0 spiro atoms. The van der Waals surface area contributed by atoms with Crippen molar-refractivity contribution in [3.8, 4) is 0 Å². The molecule has 1 amide bonds. The van der Waals surface area contributed by atoms with Gasteiger partial charge in [0.25, 0.3) is 5.91 Å². The molecule has 7 heteroatoms. The molecule has 1 aliphatic heterocycles. The average Bonchev–Trinajstić information content (AvgIpc) is 2.68. The Labute approximate surface area is 152 Å². The van der Waals surface area contributed by atoms with Crippen molar-refractivity contribution < 1.29 is 9.18 Å². The molecule has 6 nitrogen and oxygen atoms in total. The molecule has 1 aliphatic rings. The first-order valence-corrected chi connectivity index (χ1v) is 8.58. The highest BCUT2D eigenvalue weighted by atomic mass is 19.1. The van der Waals surface area contributed by atoms with Crippen molar-refractivity contribution in [2.75, 3.05) is 37.6 Å². The average molecular weight is 355 g/mol. The minimum Gasteiger partial charge on any atom is -0.369 e. The lowest BCUT2D eigenvalue weighted by Gasteiger charge is -2.35. The van der Waals surface area contributed by atoms with E-state index in [1.54, 1.807) is 24.5 Å². The van der Waals surface area contributed by atoms with Gasteiger partial charge in [0.15, 0.2) is 0 Å². The van der Waals surface area contributed by atoms with Crippen molar-refractivity contribution in [3.05, 3.63) is 60.2 Å². The zero-order valence-corrected chi connectivity index (χ0v) is 14.7. The Hall–Kier alpha value is -2.80. The third kappa shape index (κ3) is 4.86. The topological polar surface area (TPSA) is 60.8 Å². The largest absolute Gasteiger partial charge is 0.369 e. The highest BCUT2D eigenvalue weighted by Crippen LogP contribution is 2.16. The first-order chi connectivity index (χ1) is 12.6. The Bertz CT molecular complexity index is 755. The Balaban J connectivity index is 1.45. The van der Waals surface area contributed by atoms with Crippen LogP contribution in [0.4, 0.5) is 10.1 Å². The first kappa shape index (κ1) is 18.0. The summed E-state index contributed by atoms with van der Waals surface area (Å²) in [5.74, 6) is -0.366. The van der Waals surface area contributed by atoms with Crippen molar-refractivity contribution in [2.45, 2.75) is 6.92 Å². The van der Waals surface area contributed by atoms with E-state index in [1.807, 2.05) is 19.1 Å². The summed E-state index contributed by atoms with van der Waals surface area (Å²) in [6.07, 6.45) is 3.40. The normalized spacial score (nSPS) is 15.8. The van der Waals surface area contributed by atoms with Gasteiger partial charge in [-0.15, -0.1) is 0 Å². The Morgan fingerprint density at radius 1 is 1.19 bits per heavy atom. The Morgan fingerprint density at radius 3 is 2.58 bits per heavy atom. The van der Waals surface area contributed by atoms with Crippen LogP contribution in [0.25, 0.3) is 0 Å². The fraction of sp³-hybridized carbons (Fsp3) is 0.316. The molecule has 0 bridgehead atoms. The van der Waals surface area contributed by atoms with Crippen molar-refractivity contribution in [1.82, 2.24) is 15.3 Å². The third-order valence-corrected chi connectivity index (χ3v) is 4.36. The lowest BCUT2D eigenvalue weighted by atomic mass is 10.2. The molecule has 26 heavy (non-hydrogen) atoms. The number of anilines is 1. The summed E-state index contributed by atoms with van der Waals surface area (Å²) in [6.45, 7) is 5.29. The van der Waals surface area contributed by atoms with Gasteiger partial charge in [0.05, 0.1) is 12.3 Å². The van der Waals surface area contributed by atoms with Gasteiger partial charge in [-0.2, -0.15) is 5.10 Å². The van der Waals surface area contributed by atoms with E-state index in [4.69, 9.17) is 0 Å². The van der Waals surface area contributed by atoms with Gasteiger partial charge >= 0.3 is 0 Å². The number of halogens is 1. The van der Waals surface area contributed by atoms with E-state index in [9.17, 15) is 9.18 Å². The van der Waals surface area contributed by atoms with Gasteiger partial charge in [0, 0.05) is 49.8 Å². The van der Waals surface area contributed by atoms with Crippen LogP contribution in [0.3, 0.4) is 0 Å². The number of carbonyl (C=O) groups excluding carboxylic acids is 1. The van der Waals surface area contributed by atoms with Gasteiger partial charge in [0.1, 0.15) is 5.82 Å². The Kier molecular flexibility index (Phi) is 5.91. The Morgan fingerprint density at radius 2 is 1.92 bits per heavy atom. The molecule has 0 atom stereocenters. The molecule has 0 unspecified atom stereocenters. The van der Waals surface area contributed by atoms with E-state index in [0.29, 0.717) is 12.3 Å². The SMILES string of the molecule is C/C(=N/NC(=O)CN1CCN(c2ccc(F)cc2)CC1)c1cccnc1. The summed E-state index contributed by atoms with van der Waals surface area (Å²) in [7, 11) is 0. The highest BCUT2D eigenvalue weighted by molar-refractivity contribution is 5.98. The van der Waals surface area contributed by atoms with E-state index in [-0.39, 0.29) is 11.7 Å². The summed E-state index contributed by atoms with van der Waals surface area (Å²) < 4.78 is 13.0. The molecule has 0 saturated carbocycles. The number of pyridine rings is 1. The van der Waals surface area contributed by atoms with Crippen LogP contribution in [-0.2, 0) is 4.79 Å². The van der Waals surface area contributed by atoms with Gasteiger partial charge in [-0.1, -0.05) is 6.07 Å². The minimum atomic E-state index is -0.230. The summed E-state index contributed by atoms with van der Waals surface area (Å²) in [5.41, 5.74) is 5.20. The number of carbonyl (C=O) groups is 1. The van der Waals surface area contributed by atoms with E-state index in [0.717, 1.165) is 37.4 Å². The van der Waals surface area contributed by atoms with Gasteiger partial charge in [-0.05, 0) is 37.3 Å². The second-order valence-electron chi connectivity index (χ2n) is 6.21. The van der Waals surface area contributed by atoms with E-state index in [2.05, 4.69) is 25.3 Å². The van der Waals surface area contributed by atoms with Crippen LogP contribution in [0.2, 0.25) is 0 Å². The first-order valence-electron chi connectivity index (χ1n) is 8.58. The smallest absolute Gasteiger partial charge is 0.254 e. The molecule has 0 aliphatic carbocycles. The molecule has 2 heterocycles. The number of rotatable bonds is 5. The van der Waals surface area contributed by atoms with E-state index >= 15 is 0 Å². The number of piperazine rings is 1. The molecule has 0 radical (unpaired) electrons. The standard InChI is InChI=1S/C19H22FN5O/c1-15(16-3-2-8-21-13-16)22-23-19(26)14-24-9-11-25(12-10-24)18-6-4-17(20)5-7-18/h2-8,13H,9-12,14H2,1H3,(H,23,26)/b22-15-. The van der Waals surface area contributed by atoms with Crippen molar-refractivity contribution in [1.29, 1.82) is 0 Å². The minimum absolute atomic E-state index is 0.136. The fourth-order valence-corrected chi connectivity index (χ4v) is 2.84. The summed E-state index contributed by atoms with van der Waals surface area (Å²) in [4.78, 5) is 20.4. The number of hydrogen-bond donors (Lipinski definition) is 1. The lowest BCUT2D eigenvalue weighted by Crippen LogP contribution is -2.49. The molecule has 1 saturated heterocycles. The number of nitrogens with one attached hydrogen (secondary N) is 1. The highest BCUT2D eigenvalue weighted by Gasteiger charge is 2.19. The lowest BCUT2D eigenvalue weighted by molar-refractivity contribution is -0.122. The van der Waals surface area contributed by atoms with Crippen LogP contribution in [0, 0.1) is 5.82 Å². The number of hydrogen-bond acceptors (Lipinski definition) is 5. The van der Waals surface area contributed by atoms with Crippen molar-refractivity contribution in [2.24, 2.45) is 5.10 Å². The van der Waals surface area contributed by atoms with Crippen LogP contribution in [-0.4, -0.2) is 54.2 Å². The van der Waals surface area contributed by atoms with Crippen LogP contribution < -0.4 is 10.3 Å². The molecule has 1 N–H and O–H groups in total. The number of nitrogens with zero attached hydrogens (tertiary/aromatic N) is 4. The molecule has 2 aromatic rings. The van der Waals surface area contributed by atoms with Crippen molar-refractivity contribution in [3.63, 3.8) is 0 Å². The van der Waals surface area contributed by atoms with Crippen LogP contribution in [0.1, 0.15) is 12.5 Å². The van der Waals surface area contributed by atoms with Gasteiger partial charge in [-0.25, -0.2) is 9.82 Å². The number of benzene rings is 1. The maximum Gasteiger partial charge on any atom is 0.254 e. The molecule has 1 aromatic carbocycles. The monoisotopic (exact) mass is 355 g/mol.